The molecule has 0 unspecified atom stereocenters. The van der Waals surface area contributed by atoms with Crippen LogP contribution in [0.25, 0.3) is 0 Å². The average molecular weight is 501 g/mol. The highest BCUT2D eigenvalue weighted by molar-refractivity contribution is 5.97. The fraction of sp³-hybridized carbons (Fsp3) is 0.862. The molecule has 4 heterocycles. The van der Waals surface area contributed by atoms with E-state index in [1.807, 2.05) is 13.0 Å². The van der Waals surface area contributed by atoms with Gasteiger partial charge in [-0.25, -0.2) is 0 Å². The number of epoxide rings is 1. The lowest BCUT2D eigenvalue weighted by atomic mass is 9.53. The number of ketones is 1. The predicted molar refractivity (Wildman–Crippen MR) is 128 cm³/mol. The Hall–Kier alpha value is -1.28. The number of hydrogen-bond donors (Lipinski definition) is 0. The molecule has 7 rings (SSSR count). The van der Waals surface area contributed by atoms with E-state index in [1.165, 1.54) is 0 Å². The van der Waals surface area contributed by atoms with Crippen LogP contribution >= 0.6 is 0 Å². The fourth-order valence-corrected chi connectivity index (χ4v) is 9.58. The molecular weight excluding hydrogens is 460 g/mol. The van der Waals surface area contributed by atoms with E-state index in [-0.39, 0.29) is 59.7 Å². The molecule has 4 saturated heterocycles. The second-order valence-corrected chi connectivity index (χ2v) is 13.8. The molecule has 0 aromatic heterocycles. The van der Waals surface area contributed by atoms with Gasteiger partial charge in [0.2, 0.25) is 0 Å². The highest BCUT2D eigenvalue weighted by Gasteiger charge is 2.74. The Balaban J connectivity index is 1.20. The number of carbonyl (C=O) groups is 2. The first-order chi connectivity index (χ1) is 16.7. The Morgan fingerprint density at radius 3 is 2.47 bits per heavy atom. The van der Waals surface area contributed by atoms with Gasteiger partial charge in [0, 0.05) is 43.4 Å². The smallest absolute Gasteiger partial charge is 0.306 e. The molecule has 12 atom stereocenters. The van der Waals surface area contributed by atoms with Gasteiger partial charge in [-0.3, -0.25) is 9.59 Å². The molecule has 1 spiro atoms. The first-order valence-corrected chi connectivity index (χ1v) is 14.0. The van der Waals surface area contributed by atoms with Gasteiger partial charge in [-0.2, -0.15) is 0 Å². The molecule has 0 aromatic rings. The Kier molecular flexibility index (Phi) is 4.51. The summed E-state index contributed by atoms with van der Waals surface area (Å²) in [7, 11) is 0. The Morgan fingerprint density at radius 2 is 1.81 bits per heavy atom. The van der Waals surface area contributed by atoms with Crippen LogP contribution < -0.4 is 0 Å². The number of hydrogen-bond acceptors (Lipinski definition) is 7. The molecular formula is C29H40O7. The number of esters is 1. The molecule has 0 N–H and O–H groups in total. The number of carbonyl (C=O) groups excluding carboxylic acids is 2. The molecule has 3 aliphatic carbocycles. The molecule has 4 aliphatic heterocycles. The quantitative estimate of drug-likeness (QED) is 0.412. The van der Waals surface area contributed by atoms with Crippen LogP contribution in [-0.4, -0.2) is 52.8 Å². The van der Waals surface area contributed by atoms with Crippen molar-refractivity contribution < 1.29 is 33.3 Å². The molecule has 198 valence electrons. The summed E-state index contributed by atoms with van der Waals surface area (Å²) >= 11 is 0. The maximum Gasteiger partial charge on any atom is 0.306 e. The van der Waals surface area contributed by atoms with Gasteiger partial charge in [0.05, 0.1) is 17.8 Å². The second-order valence-electron chi connectivity index (χ2n) is 13.8. The van der Waals surface area contributed by atoms with Gasteiger partial charge in [0.15, 0.2) is 5.78 Å². The van der Waals surface area contributed by atoms with Gasteiger partial charge >= 0.3 is 5.97 Å². The van der Waals surface area contributed by atoms with Gasteiger partial charge in [-0.15, -0.1) is 0 Å². The first-order valence-electron chi connectivity index (χ1n) is 14.0. The lowest BCUT2D eigenvalue weighted by Gasteiger charge is -2.51. The van der Waals surface area contributed by atoms with Crippen molar-refractivity contribution in [2.75, 3.05) is 0 Å². The van der Waals surface area contributed by atoms with Crippen LogP contribution in [0, 0.1) is 35.0 Å². The minimum Gasteiger partial charge on any atom is -0.456 e. The minimum atomic E-state index is -1.06. The van der Waals surface area contributed by atoms with Crippen molar-refractivity contribution >= 4 is 11.8 Å². The molecule has 7 heteroatoms. The summed E-state index contributed by atoms with van der Waals surface area (Å²) in [5, 5.41) is 0. The van der Waals surface area contributed by atoms with E-state index >= 15 is 0 Å². The van der Waals surface area contributed by atoms with Crippen LogP contribution in [0.15, 0.2) is 11.6 Å². The molecule has 0 radical (unpaired) electrons. The fourth-order valence-electron chi connectivity index (χ4n) is 9.58. The van der Waals surface area contributed by atoms with Crippen molar-refractivity contribution in [3.63, 3.8) is 0 Å². The standard InChI is InChI=1S/C29H40O7/c1-14(19-13-26(5)25(3,4)35-28(7,33-19)36-26)17-8-9-18-22-16(12-20(30)27(17,18)6)15(2)29(24-23(22)32-24)11-10-21(31)34-29/h12,14-15,17-19,22-24H,8-11,13H2,1-7H3/t14-,15-,17+,18-,19+,22+,23-,24-,26+,27+,28-,29+/m0/s1. The normalized spacial score (nSPS) is 57.1. The van der Waals surface area contributed by atoms with Crippen molar-refractivity contribution in [2.24, 2.45) is 35.0 Å². The number of ether oxygens (including phenoxy) is 5. The highest BCUT2D eigenvalue weighted by atomic mass is 16.9. The van der Waals surface area contributed by atoms with E-state index in [0.717, 1.165) is 24.8 Å². The third kappa shape index (κ3) is 2.73. The van der Waals surface area contributed by atoms with Crippen molar-refractivity contribution in [1.82, 2.24) is 0 Å². The van der Waals surface area contributed by atoms with Gasteiger partial charge < -0.3 is 23.7 Å². The molecule has 36 heavy (non-hydrogen) atoms. The summed E-state index contributed by atoms with van der Waals surface area (Å²) in [6, 6.07) is 0. The largest absolute Gasteiger partial charge is 0.456 e. The van der Waals surface area contributed by atoms with E-state index in [2.05, 4.69) is 41.5 Å². The van der Waals surface area contributed by atoms with Crippen molar-refractivity contribution in [3.05, 3.63) is 11.6 Å². The zero-order chi connectivity index (χ0) is 25.6. The van der Waals surface area contributed by atoms with Crippen LogP contribution in [-0.2, 0) is 33.3 Å². The van der Waals surface area contributed by atoms with Gasteiger partial charge in [-0.05, 0) is 57.4 Å². The topological polar surface area (TPSA) is 83.6 Å². The zero-order valence-electron chi connectivity index (χ0n) is 22.6. The molecule has 7 nitrogen and oxygen atoms in total. The zero-order valence-corrected chi connectivity index (χ0v) is 22.6. The summed E-state index contributed by atoms with van der Waals surface area (Å²) < 4.78 is 31.2. The molecule has 6 fully saturated rings. The van der Waals surface area contributed by atoms with E-state index in [4.69, 9.17) is 23.7 Å². The van der Waals surface area contributed by atoms with Crippen LogP contribution in [0.5, 0.6) is 0 Å². The monoisotopic (exact) mass is 500 g/mol. The Bertz CT molecular complexity index is 1080. The Morgan fingerprint density at radius 1 is 1.06 bits per heavy atom. The summed E-state index contributed by atoms with van der Waals surface area (Å²) in [5.41, 5.74) is -0.787. The summed E-state index contributed by atoms with van der Waals surface area (Å²) in [6.07, 6.45) is 5.75. The number of fused-ring (bicyclic) bond motifs is 8. The summed E-state index contributed by atoms with van der Waals surface area (Å²) in [4.78, 5) is 26.1. The molecule has 2 saturated carbocycles. The van der Waals surface area contributed by atoms with Crippen LogP contribution in [0.3, 0.4) is 0 Å². The molecule has 7 aliphatic rings. The summed E-state index contributed by atoms with van der Waals surface area (Å²) in [5.74, 6) is -0.121. The SMILES string of the molecule is C[C@@H]([C@H]1CC[C@H]2[C@H]3C(=CC(=O)[C@]12C)[C@H](C)[C@]1(CCC(=O)O1)[C@H]1O[C@@H]31)[C@H]1C[C@@]2(C)O[C@@](C)(O1)OC2(C)C. The maximum atomic E-state index is 14.0. The van der Waals surface area contributed by atoms with Crippen molar-refractivity contribution in [2.45, 2.75) is 122 Å². The van der Waals surface area contributed by atoms with Gasteiger partial charge in [0.25, 0.3) is 5.97 Å². The Labute approximate surface area is 213 Å². The molecule has 2 bridgehead atoms. The average Bonchev–Trinajstić information content (AvgIpc) is 3.32. The lowest BCUT2D eigenvalue weighted by Crippen LogP contribution is -2.57. The number of allylic oxidation sites excluding steroid dienone is 1. The summed E-state index contributed by atoms with van der Waals surface area (Å²) in [6.45, 7) is 14.7. The van der Waals surface area contributed by atoms with Crippen molar-refractivity contribution in [1.29, 1.82) is 0 Å². The van der Waals surface area contributed by atoms with Crippen LogP contribution in [0.2, 0.25) is 0 Å². The van der Waals surface area contributed by atoms with E-state index in [0.29, 0.717) is 12.8 Å². The molecule has 0 aromatic carbocycles. The third-order valence-corrected chi connectivity index (χ3v) is 11.9. The van der Waals surface area contributed by atoms with E-state index in [9.17, 15) is 9.59 Å². The highest BCUT2D eigenvalue weighted by Crippen LogP contribution is 2.67. The van der Waals surface area contributed by atoms with E-state index < -0.39 is 28.2 Å². The minimum absolute atomic E-state index is 0.0106. The second kappa shape index (κ2) is 6.83. The van der Waals surface area contributed by atoms with Gasteiger partial charge in [-0.1, -0.05) is 26.3 Å². The van der Waals surface area contributed by atoms with Gasteiger partial charge in [0.1, 0.15) is 17.3 Å². The van der Waals surface area contributed by atoms with E-state index in [1.54, 1.807) is 0 Å². The van der Waals surface area contributed by atoms with Crippen molar-refractivity contribution in [3.8, 4) is 0 Å². The van der Waals surface area contributed by atoms with Crippen LogP contribution in [0.4, 0.5) is 0 Å². The maximum absolute atomic E-state index is 14.0. The number of rotatable bonds is 2. The van der Waals surface area contributed by atoms with Crippen LogP contribution in [0.1, 0.15) is 80.6 Å². The lowest BCUT2D eigenvalue weighted by molar-refractivity contribution is -0.385. The third-order valence-electron chi connectivity index (χ3n) is 11.9. The molecule has 0 amide bonds. The predicted octanol–water partition coefficient (Wildman–Crippen LogP) is 4.32. The first kappa shape index (κ1) is 23.8.